The summed E-state index contributed by atoms with van der Waals surface area (Å²) >= 11 is 0. The second-order valence-corrected chi connectivity index (χ2v) is 7.18. The number of rotatable bonds is 4. The maximum atomic E-state index is 12.5. The van der Waals surface area contributed by atoms with E-state index in [1.165, 1.54) is 13.0 Å². The first kappa shape index (κ1) is 19.7. The lowest BCUT2D eigenvalue weighted by atomic mass is 9.93. The highest BCUT2D eigenvalue weighted by Crippen LogP contribution is 2.47. The van der Waals surface area contributed by atoms with Gasteiger partial charge in [-0.1, -0.05) is 6.08 Å². The molecule has 2 heterocycles. The Labute approximate surface area is 161 Å². The Morgan fingerprint density at radius 1 is 1.14 bits per heavy atom. The largest absolute Gasteiger partial charge is 0.481 e. The Bertz CT molecular complexity index is 1030. The first-order valence-corrected chi connectivity index (χ1v) is 8.91. The molecule has 7 heteroatoms. The molecule has 28 heavy (non-hydrogen) atoms. The van der Waals surface area contributed by atoms with Crippen LogP contribution < -0.4 is 10.4 Å². The minimum absolute atomic E-state index is 0.280. The molecule has 0 bridgehead atoms. The summed E-state index contributed by atoms with van der Waals surface area (Å²) in [7, 11) is 0. The number of benzene rings is 1. The van der Waals surface area contributed by atoms with Gasteiger partial charge < -0.3 is 18.6 Å². The third-order valence-corrected chi connectivity index (χ3v) is 4.68. The van der Waals surface area contributed by atoms with Gasteiger partial charge in [0.15, 0.2) is 12.2 Å². The first-order chi connectivity index (χ1) is 13.1. The lowest BCUT2D eigenvalue weighted by Crippen LogP contribution is -2.46. The Morgan fingerprint density at radius 2 is 1.82 bits per heavy atom. The maximum absolute atomic E-state index is 12.5. The summed E-state index contributed by atoms with van der Waals surface area (Å²) in [5, 5.41) is 0.664. The highest BCUT2D eigenvalue weighted by Gasteiger charge is 2.50. The van der Waals surface area contributed by atoms with E-state index in [2.05, 4.69) is 0 Å². The quantitative estimate of drug-likeness (QED) is 0.451. The SMILES string of the molecule is C/C=C(\C)C(=O)O[C@H]1c2c(ccc3ccc(=O)oc23)O[C@@H]1C(C)(C)OC(C)=O. The van der Waals surface area contributed by atoms with Crippen LogP contribution in [0.25, 0.3) is 11.0 Å². The van der Waals surface area contributed by atoms with Gasteiger partial charge >= 0.3 is 17.6 Å². The van der Waals surface area contributed by atoms with Crippen LogP contribution in [0, 0.1) is 0 Å². The molecular formula is C21H22O7. The number of esters is 2. The lowest BCUT2D eigenvalue weighted by Gasteiger charge is -2.33. The summed E-state index contributed by atoms with van der Waals surface area (Å²) in [6, 6.07) is 6.40. The average molecular weight is 386 g/mol. The van der Waals surface area contributed by atoms with Crippen LogP contribution in [-0.4, -0.2) is 23.6 Å². The van der Waals surface area contributed by atoms with Gasteiger partial charge in [-0.2, -0.15) is 0 Å². The van der Waals surface area contributed by atoms with E-state index < -0.39 is 35.4 Å². The summed E-state index contributed by atoms with van der Waals surface area (Å²) in [5.41, 5.74) is -0.502. The van der Waals surface area contributed by atoms with Crippen molar-refractivity contribution in [2.75, 3.05) is 0 Å². The predicted molar refractivity (Wildman–Crippen MR) is 101 cm³/mol. The summed E-state index contributed by atoms with van der Waals surface area (Å²) in [5.74, 6) is -0.624. The summed E-state index contributed by atoms with van der Waals surface area (Å²) in [6.45, 7) is 8.00. The van der Waals surface area contributed by atoms with Crippen molar-refractivity contribution in [2.45, 2.75) is 52.4 Å². The van der Waals surface area contributed by atoms with Crippen molar-refractivity contribution in [3.63, 3.8) is 0 Å². The third kappa shape index (κ3) is 3.52. The first-order valence-electron chi connectivity index (χ1n) is 8.91. The van der Waals surface area contributed by atoms with E-state index >= 15 is 0 Å². The monoisotopic (exact) mass is 386 g/mol. The number of hydrogen-bond donors (Lipinski definition) is 0. The molecule has 2 atom stereocenters. The second-order valence-electron chi connectivity index (χ2n) is 7.18. The molecule has 0 saturated heterocycles. The van der Waals surface area contributed by atoms with Gasteiger partial charge in [-0.15, -0.1) is 0 Å². The van der Waals surface area contributed by atoms with Crippen LogP contribution in [0.3, 0.4) is 0 Å². The zero-order chi connectivity index (χ0) is 20.6. The second kappa shape index (κ2) is 7.14. The van der Waals surface area contributed by atoms with Crippen LogP contribution in [0.4, 0.5) is 0 Å². The summed E-state index contributed by atoms with van der Waals surface area (Å²) in [6.07, 6.45) is -0.119. The molecule has 0 N–H and O–H groups in total. The zero-order valence-electron chi connectivity index (χ0n) is 16.4. The average Bonchev–Trinajstić information content (AvgIpc) is 2.99. The van der Waals surface area contributed by atoms with Crippen molar-refractivity contribution in [1.29, 1.82) is 0 Å². The van der Waals surface area contributed by atoms with E-state index in [-0.39, 0.29) is 5.58 Å². The van der Waals surface area contributed by atoms with Gasteiger partial charge in [0.2, 0.25) is 0 Å². The van der Waals surface area contributed by atoms with E-state index in [1.807, 2.05) is 0 Å². The van der Waals surface area contributed by atoms with Crippen molar-refractivity contribution in [3.05, 3.63) is 51.9 Å². The van der Waals surface area contributed by atoms with Crippen LogP contribution in [0.1, 0.15) is 46.3 Å². The van der Waals surface area contributed by atoms with E-state index in [9.17, 15) is 14.4 Å². The molecule has 1 aromatic carbocycles. The minimum Gasteiger partial charge on any atom is -0.481 e. The number of allylic oxidation sites excluding steroid dienone is 1. The summed E-state index contributed by atoms with van der Waals surface area (Å²) in [4.78, 5) is 35.9. The molecule has 0 unspecified atom stereocenters. The molecule has 0 saturated carbocycles. The van der Waals surface area contributed by atoms with E-state index in [0.717, 1.165) is 0 Å². The van der Waals surface area contributed by atoms with Crippen molar-refractivity contribution >= 4 is 22.9 Å². The van der Waals surface area contributed by atoms with Gasteiger partial charge in [0.25, 0.3) is 0 Å². The normalized spacial score (nSPS) is 19.1. The lowest BCUT2D eigenvalue weighted by molar-refractivity contribution is -0.174. The van der Waals surface area contributed by atoms with Crippen LogP contribution in [0.15, 0.2) is 45.1 Å². The van der Waals surface area contributed by atoms with Crippen LogP contribution >= 0.6 is 0 Å². The molecule has 1 aliphatic heterocycles. The number of carbonyl (C=O) groups excluding carboxylic acids is 2. The fourth-order valence-corrected chi connectivity index (χ4v) is 3.24. The molecular weight excluding hydrogens is 364 g/mol. The Kier molecular flexibility index (Phi) is 5.02. The third-order valence-electron chi connectivity index (χ3n) is 4.68. The van der Waals surface area contributed by atoms with Crippen LogP contribution in [0.2, 0.25) is 0 Å². The predicted octanol–water partition coefficient (Wildman–Crippen LogP) is 3.45. The fraction of sp³-hybridized carbons (Fsp3) is 0.381. The highest BCUT2D eigenvalue weighted by atomic mass is 16.6. The van der Waals surface area contributed by atoms with Gasteiger partial charge in [0.1, 0.15) is 16.9 Å². The van der Waals surface area contributed by atoms with Crippen molar-refractivity contribution in [1.82, 2.24) is 0 Å². The Morgan fingerprint density at radius 3 is 2.46 bits per heavy atom. The molecule has 1 aromatic heterocycles. The molecule has 0 aliphatic carbocycles. The molecule has 0 fully saturated rings. The number of fused-ring (bicyclic) bond motifs is 3. The topological polar surface area (TPSA) is 92.0 Å². The molecule has 0 radical (unpaired) electrons. The maximum Gasteiger partial charge on any atom is 0.336 e. The van der Waals surface area contributed by atoms with Crippen molar-refractivity contribution in [2.24, 2.45) is 0 Å². The molecule has 0 amide bonds. The van der Waals surface area contributed by atoms with Crippen molar-refractivity contribution < 1.29 is 28.2 Å². The molecule has 3 rings (SSSR count). The fourth-order valence-electron chi connectivity index (χ4n) is 3.24. The molecule has 2 aromatic rings. The van der Waals surface area contributed by atoms with Gasteiger partial charge in [0.05, 0.1) is 5.56 Å². The smallest absolute Gasteiger partial charge is 0.336 e. The number of hydrogen-bond acceptors (Lipinski definition) is 7. The van der Waals surface area contributed by atoms with Crippen LogP contribution in [-0.2, 0) is 19.1 Å². The minimum atomic E-state index is -1.11. The van der Waals surface area contributed by atoms with Gasteiger partial charge in [-0.25, -0.2) is 9.59 Å². The summed E-state index contributed by atoms with van der Waals surface area (Å²) < 4.78 is 22.6. The number of ether oxygens (including phenoxy) is 3. The molecule has 7 nitrogen and oxygen atoms in total. The highest BCUT2D eigenvalue weighted by molar-refractivity contribution is 5.89. The van der Waals surface area contributed by atoms with Gasteiger partial charge in [-0.3, -0.25) is 4.79 Å². The van der Waals surface area contributed by atoms with Crippen molar-refractivity contribution in [3.8, 4) is 5.75 Å². The molecule has 0 spiro atoms. The Hall–Kier alpha value is -3.09. The van der Waals surface area contributed by atoms with Crippen LogP contribution in [0.5, 0.6) is 5.75 Å². The van der Waals surface area contributed by atoms with Gasteiger partial charge in [-0.05, 0) is 45.9 Å². The molecule has 148 valence electrons. The molecule has 1 aliphatic rings. The Balaban J connectivity index is 2.16. The zero-order valence-corrected chi connectivity index (χ0v) is 16.4. The van der Waals surface area contributed by atoms with Gasteiger partial charge in [0, 0.05) is 23.9 Å². The number of carbonyl (C=O) groups is 2. The van der Waals surface area contributed by atoms with E-state index in [1.54, 1.807) is 52.0 Å². The van der Waals surface area contributed by atoms with E-state index in [0.29, 0.717) is 22.3 Å². The van der Waals surface area contributed by atoms with E-state index in [4.69, 9.17) is 18.6 Å². The standard InChI is InChI=1S/C21H22O7/c1-6-11(2)20(24)27-18-16-14(25-19(18)21(4,5)28-12(3)22)9-7-13-8-10-15(23)26-17(13)16/h6-10,18-19H,1-5H3/b11-6+/t18-,19-/m0/s1.